The molecule has 1 amide bonds. The molecule has 2 aromatic heterocycles. The topological polar surface area (TPSA) is 90.3 Å². The highest BCUT2D eigenvalue weighted by Gasteiger charge is 2.22. The van der Waals surface area contributed by atoms with E-state index in [1.165, 1.54) is 17.4 Å². The number of ether oxygens (including phenoxy) is 1. The number of nitrogens with zero attached hydrogens (tertiary/aromatic N) is 2. The predicted molar refractivity (Wildman–Crippen MR) is 126 cm³/mol. The Labute approximate surface area is 189 Å². The molecule has 0 fully saturated rings. The molecule has 0 unspecified atom stereocenters. The number of aryl methyl sites for hydroxylation is 2. The van der Waals surface area contributed by atoms with Gasteiger partial charge in [0.1, 0.15) is 10.7 Å². The van der Waals surface area contributed by atoms with E-state index in [9.17, 15) is 14.4 Å². The molecule has 0 radical (unpaired) electrons. The number of fused-ring (bicyclic) bond motifs is 2. The molecule has 1 N–H and O–H groups in total. The number of nitrogens with one attached hydrogen (secondary N) is 1. The Balaban J connectivity index is 1.55. The summed E-state index contributed by atoms with van der Waals surface area (Å²) in [5.74, 6) is 0.159. The van der Waals surface area contributed by atoms with E-state index < -0.39 is 5.97 Å². The normalized spacial score (nSPS) is 13.7. The van der Waals surface area contributed by atoms with Gasteiger partial charge in [-0.15, -0.1) is 11.3 Å². The molecule has 3 heterocycles. The largest absolute Gasteiger partial charge is 0.463 e. The first-order valence-electron chi connectivity index (χ1n) is 10.8. The molecule has 166 valence electrons. The zero-order chi connectivity index (χ0) is 22.7. The fourth-order valence-corrected chi connectivity index (χ4v) is 4.93. The number of thiophene rings is 1. The van der Waals surface area contributed by atoms with E-state index in [4.69, 9.17) is 9.72 Å². The number of aromatic nitrogens is 2. The highest BCUT2D eigenvalue weighted by molar-refractivity contribution is 7.20. The zero-order valence-electron chi connectivity index (χ0n) is 18.1. The van der Waals surface area contributed by atoms with Crippen molar-refractivity contribution in [3.05, 3.63) is 62.5 Å². The lowest BCUT2D eigenvalue weighted by molar-refractivity contribution is -0.137. The number of amides is 1. The second kappa shape index (κ2) is 9.48. The summed E-state index contributed by atoms with van der Waals surface area (Å²) in [6.07, 6.45) is 6.91. The first-order valence-corrected chi connectivity index (χ1v) is 11.6. The van der Waals surface area contributed by atoms with Gasteiger partial charge in [-0.2, -0.15) is 0 Å². The number of carbonyl (C=O) groups excluding carboxylic acids is 2. The fourth-order valence-electron chi connectivity index (χ4n) is 3.85. The maximum atomic E-state index is 13.1. The fraction of sp³-hybridized carbons (Fsp3) is 0.333. The minimum Gasteiger partial charge on any atom is -0.463 e. The van der Waals surface area contributed by atoms with Crippen LogP contribution in [0.25, 0.3) is 16.3 Å². The lowest BCUT2D eigenvalue weighted by Crippen LogP contribution is -2.24. The first-order chi connectivity index (χ1) is 15.5. The third-order valence-electron chi connectivity index (χ3n) is 5.48. The van der Waals surface area contributed by atoms with Crippen LogP contribution in [0.3, 0.4) is 0 Å². The van der Waals surface area contributed by atoms with Crippen molar-refractivity contribution >= 4 is 45.2 Å². The number of benzene rings is 1. The van der Waals surface area contributed by atoms with E-state index in [2.05, 4.69) is 5.32 Å². The average molecular weight is 452 g/mol. The number of anilines is 1. The Morgan fingerprint density at radius 2 is 2.00 bits per heavy atom. The standard InChI is InChI=1S/C24H25N3O4S/c1-3-31-19(28)13-10-16-8-11-17(12-9-16)25-22(29)21-15(2)20-23(32-21)26-18-7-5-4-6-14-27(18)24(20)30/h8-13H,3-7,14H2,1-2H3,(H,25,29)/b13-10+. The van der Waals surface area contributed by atoms with Crippen molar-refractivity contribution in [1.82, 2.24) is 9.55 Å². The summed E-state index contributed by atoms with van der Waals surface area (Å²) in [7, 11) is 0. The molecule has 32 heavy (non-hydrogen) atoms. The van der Waals surface area contributed by atoms with Crippen LogP contribution in [0.5, 0.6) is 0 Å². The molecule has 0 atom stereocenters. The first kappa shape index (κ1) is 22.0. The quantitative estimate of drug-likeness (QED) is 0.461. The van der Waals surface area contributed by atoms with Crippen LogP contribution in [0.4, 0.5) is 5.69 Å². The Bertz CT molecular complexity index is 1250. The third-order valence-corrected chi connectivity index (χ3v) is 6.67. The molecule has 1 aromatic carbocycles. The molecule has 1 aliphatic heterocycles. The molecule has 0 spiro atoms. The highest BCUT2D eigenvalue weighted by atomic mass is 32.1. The van der Waals surface area contributed by atoms with E-state index in [-0.39, 0.29) is 11.5 Å². The Morgan fingerprint density at radius 1 is 1.22 bits per heavy atom. The van der Waals surface area contributed by atoms with Crippen molar-refractivity contribution in [3.63, 3.8) is 0 Å². The molecule has 1 aliphatic rings. The Hall–Kier alpha value is -3.26. The molecule has 3 aromatic rings. The van der Waals surface area contributed by atoms with Gasteiger partial charge in [0.25, 0.3) is 11.5 Å². The van der Waals surface area contributed by atoms with Crippen molar-refractivity contribution in [2.45, 2.75) is 46.1 Å². The SMILES string of the molecule is CCOC(=O)/C=C/c1ccc(NC(=O)c2sc3nc4n(c(=O)c3c2C)CCCCC4)cc1. The van der Waals surface area contributed by atoms with Gasteiger partial charge < -0.3 is 10.1 Å². The van der Waals surface area contributed by atoms with Crippen molar-refractivity contribution in [3.8, 4) is 0 Å². The molecule has 8 heteroatoms. The van der Waals surface area contributed by atoms with Gasteiger partial charge in [-0.3, -0.25) is 14.2 Å². The number of hydrogen-bond donors (Lipinski definition) is 1. The van der Waals surface area contributed by atoms with Crippen molar-refractivity contribution in [2.75, 3.05) is 11.9 Å². The molecule has 0 bridgehead atoms. The van der Waals surface area contributed by atoms with Crippen LogP contribution in [0.2, 0.25) is 0 Å². The van der Waals surface area contributed by atoms with Gasteiger partial charge in [-0.1, -0.05) is 18.6 Å². The van der Waals surface area contributed by atoms with Crippen LogP contribution < -0.4 is 10.9 Å². The molecule has 0 saturated carbocycles. The lowest BCUT2D eigenvalue weighted by atomic mass is 10.1. The molecule has 4 rings (SSSR count). The van der Waals surface area contributed by atoms with Crippen LogP contribution >= 0.6 is 11.3 Å². The van der Waals surface area contributed by atoms with Crippen LogP contribution in [-0.4, -0.2) is 28.0 Å². The minimum absolute atomic E-state index is 0.0440. The summed E-state index contributed by atoms with van der Waals surface area (Å²) in [4.78, 5) is 43.3. The minimum atomic E-state index is -0.396. The summed E-state index contributed by atoms with van der Waals surface area (Å²) in [5.41, 5.74) is 2.07. The smallest absolute Gasteiger partial charge is 0.330 e. The van der Waals surface area contributed by atoms with Crippen LogP contribution in [-0.2, 0) is 22.5 Å². The molecule has 7 nitrogen and oxygen atoms in total. The van der Waals surface area contributed by atoms with Gasteiger partial charge in [0.05, 0.1) is 16.9 Å². The van der Waals surface area contributed by atoms with Gasteiger partial charge >= 0.3 is 5.97 Å². The average Bonchev–Trinajstić information content (AvgIpc) is 2.94. The number of carbonyl (C=O) groups is 2. The Morgan fingerprint density at radius 3 is 2.75 bits per heavy atom. The maximum absolute atomic E-state index is 13.1. The van der Waals surface area contributed by atoms with Crippen molar-refractivity contribution in [1.29, 1.82) is 0 Å². The maximum Gasteiger partial charge on any atom is 0.330 e. The summed E-state index contributed by atoms with van der Waals surface area (Å²) in [6.45, 7) is 4.58. The van der Waals surface area contributed by atoms with E-state index in [1.807, 2.05) is 6.92 Å². The predicted octanol–water partition coefficient (Wildman–Crippen LogP) is 4.32. The molecular weight excluding hydrogens is 426 g/mol. The van der Waals surface area contributed by atoms with Crippen molar-refractivity contribution in [2.24, 2.45) is 0 Å². The van der Waals surface area contributed by atoms with Crippen LogP contribution in [0.1, 0.15) is 52.8 Å². The highest BCUT2D eigenvalue weighted by Crippen LogP contribution is 2.29. The third kappa shape index (κ3) is 4.50. The number of rotatable bonds is 5. The summed E-state index contributed by atoms with van der Waals surface area (Å²) < 4.78 is 6.64. The zero-order valence-corrected chi connectivity index (χ0v) is 19.0. The number of hydrogen-bond acceptors (Lipinski definition) is 6. The lowest BCUT2D eigenvalue weighted by Gasteiger charge is -2.08. The summed E-state index contributed by atoms with van der Waals surface area (Å²) in [6, 6.07) is 7.13. The van der Waals surface area contributed by atoms with Gasteiger partial charge in [0, 0.05) is 24.7 Å². The summed E-state index contributed by atoms with van der Waals surface area (Å²) >= 11 is 1.27. The van der Waals surface area contributed by atoms with Gasteiger partial charge in [0.2, 0.25) is 0 Å². The Kier molecular flexibility index (Phi) is 6.50. The monoisotopic (exact) mass is 451 g/mol. The van der Waals surface area contributed by atoms with Gasteiger partial charge in [0.15, 0.2) is 0 Å². The molecule has 0 saturated heterocycles. The van der Waals surface area contributed by atoms with E-state index in [0.29, 0.717) is 39.5 Å². The van der Waals surface area contributed by atoms with E-state index in [1.54, 1.807) is 41.8 Å². The van der Waals surface area contributed by atoms with E-state index in [0.717, 1.165) is 37.1 Å². The second-order valence-electron chi connectivity index (χ2n) is 7.69. The van der Waals surface area contributed by atoms with E-state index >= 15 is 0 Å². The van der Waals surface area contributed by atoms with Crippen molar-refractivity contribution < 1.29 is 14.3 Å². The van der Waals surface area contributed by atoms with Gasteiger partial charge in [-0.25, -0.2) is 9.78 Å². The number of esters is 1. The van der Waals surface area contributed by atoms with Gasteiger partial charge in [-0.05, 0) is 56.0 Å². The van der Waals surface area contributed by atoms with Crippen LogP contribution in [0, 0.1) is 6.92 Å². The molecular formula is C24H25N3O4S. The molecule has 0 aliphatic carbocycles. The van der Waals surface area contributed by atoms with Crippen LogP contribution in [0.15, 0.2) is 35.1 Å². The second-order valence-corrected chi connectivity index (χ2v) is 8.69. The summed E-state index contributed by atoms with van der Waals surface area (Å²) in [5, 5.41) is 3.44.